The van der Waals surface area contributed by atoms with Crippen molar-refractivity contribution in [1.29, 1.82) is 0 Å². The lowest BCUT2D eigenvalue weighted by Gasteiger charge is -2.34. The number of benzene rings is 1. The van der Waals surface area contributed by atoms with Gasteiger partial charge in [-0.15, -0.1) is 12.4 Å². The van der Waals surface area contributed by atoms with Gasteiger partial charge in [-0.05, 0) is 18.4 Å². The molecule has 1 aromatic carbocycles. The number of unbranched alkanes of at least 4 members (excludes halogenated alkanes) is 18. The second-order valence-electron chi connectivity index (χ2n) is 10.7. The molecule has 0 atom stereocenters. The van der Waals surface area contributed by atoms with Gasteiger partial charge >= 0.3 is 0 Å². The highest BCUT2D eigenvalue weighted by Gasteiger charge is 2.29. The minimum Gasteiger partial charge on any atom is -0.330 e. The van der Waals surface area contributed by atoms with Crippen LogP contribution in [0.15, 0.2) is 30.3 Å². The van der Waals surface area contributed by atoms with Crippen molar-refractivity contribution in [2.24, 2.45) is 5.73 Å². The molecule has 0 aliphatic rings. The molecule has 200 valence electrons. The number of hydrogen-bond donors (Lipinski definition) is 1. The quantitative estimate of drug-likeness (QED) is 0.142. The summed E-state index contributed by atoms with van der Waals surface area (Å²) in [5, 5.41) is 0. The van der Waals surface area contributed by atoms with Crippen LogP contribution < -0.4 is 5.73 Å². The highest BCUT2D eigenvalue weighted by Crippen LogP contribution is 2.35. The van der Waals surface area contributed by atoms with E-state index in [0.29, 0.717) is 0 Å². The van der Waals surface area contributed by atoms with Crippen molar-refractivity contribution in [2.75, 3.05) is 6.54 Å². The molecule has 0 saturated heterocycles. The number of rotatable bonds is 24. The Labute approximate surface area is 220 Å². The molecule has 1 rings (SSSR count). The molecule has 1 aromatic rings. The third-order valence-corrected chi connectivity index (χ3v) is 7.79. The average Bonchev–Trinajstić information content (AvgIpc) is 2.85. The molecular formula is C32H60ClN. The molecule has 0 bridgehead atoms. The van der Waals surface area contributed by atoms with E-state index in [-0.39, 0.29) is 17.8 Å². The molecule has 0 heterocycles. The Morgan fingerprint density at radius 3 is 1.15 bits per heavy atom. The fraction of sp³-hybridized carbons (Fsp3) is 0.812. The van der Waals surface area contributed by atoms with Gasteiger partial charge in [-0.25, -0.2) is 0 Å². The summed E-state index contributed by atoms with van der Waals surface area (Å²) in [7, 11) is 0. The van der Waals surface area contributed by atoms with Crippen LogP contribution in [0.5, 0.6) is 0 Å². The molecule has 0 unspecified atom stereocenters. The summed E-state index contributed by atoms with van der Waals surface area (Å²) >= 11 is 0. The van der Waals surface area contributed by atoms with Crippen molar-refractivity contribution < 1.29 is 0 Å². The van der Waals surface area contributed by atoms with Crippen LogP contribution >= 0.6 is 12.4 Å². The van der Waals surface area contributed by atoms with Gasteiger partial charge in [0.05, 0.1) is 0 Å². The summed E-state index contributed by atoms with van der Waals surface area (Å²) in [6, 6.07) is 11.2. The van der Waals surface area contributed by atoms with Gasteiger partial charge in [0.2, 0.25) is 0 Å². The van der Waals surface area contributed by atoms with Gasteiger partial charge < -0.3 is 5.73 Å². The van der Waals surface area contributed by atoms with E-state index in [1.54, 1.807) is 0 Å². The van der Waals surface area contributed by atoms with E-state index in [2.05, 4.69) is 44.2 Å². The summed E-state index contributed by atoms with van der Waals surface area (Å²) in [5.74, 6) is 0. The number of nitrogens with two attached hydrogens (primary N) is 1. The average molecular weight is 494 g/mol. The predicted molar refractivity (Wildman–Crippen MR) is 157 cm³/mol. The van der Waals surface area contributed by atoms with Crippen LogP contribution in [-0.4, -0.2) is 6.54 Å². The summed E-state index contributed by atoms with van der Waals surface area (Å²) < 4.78 is 0. The lowest BCUT2D eigenvalue weighted by Crippen LogP contribution is -2.35. The Bertz CT molecular complexity index is 491. The first-order valence-corrected chi connectivity index (χ1v) is 15.0. The minimum absolute atomic E-state index is 0. The molecule has 0 spiro atoms. The van der Waals surface area contributed by atoms with Crippen LogP contribution in [0.2, 0.25) is 0 Å². The van der Waals surface area contributed by atoms with Gasteiger partial charge in [-0.2, -0.15) is 0 Å². The van der Waals surface area contributed by atoms with Crippen LogP contribution in [0, 0.1) is 0 Å². The van der Waals surface area contributed by atoms with Crippen molar-refractivity contribution in [2.45, 2.75) is 161 Å². The van der Waals surface area contributed by atoms with Crippen molar-refractivity contribution >= 4 is 12.4 Å². The van der Waals surface area contributed by atoms with E-state index >= 15 is 0 Å². The topological polar surface area (TPSA) is 26.0 Å². The highest BCUT2D eigenvalue weighted by atomic mass is 35.5. The summed E-state index contributed by atoms with van der Waals surface area (Å²) in [5.41, 5.74) is 8.16. The number of halogens is 1. The van der Waals surface area contributed by atoms with Crippen LogP contribution in [0.1, 0.15) is 161 Å². The van der Waals surface area contributed by atoms with E-state index in [1.807, 2.05) is 0 Å². The first-order valence-electron chi connectivity index (χ1n) is 15.0. The smallest absolute Gasteiger partial charge is 0.00755 e. The lowest BCUT2D eigenvalue weighted by atomic mass is 9.72. The standard InChI is InChI=1S/C32H59N.ClH/c1-3-5-7-9-11-13-15-17-19-24-28-32(30-33,31-26-22-21-23-27-31)29-25-20-18-16-14-12-10-8-6-4-2;/h21-23,26-27H,3-20,24-25,28-30,33H2,1-2H3;1H. The first kappa shape index (κ1) is 33.5. The SMILES string of the molecule is CCCCCCCCCCCCC(CN)(CCCCCCCCCCCC)c1ccccc1.Cl. The van der Waals surface area contributed by atoms with Crippen LogP contribution in [0.3, 0.4) is 0 Å². The van der Waals surface area contributed by atoms with E-state index in [1.165, 1.54) is 147 Å². The maximum absolute atomic E-state index is 6.48. The van der Waals surface area contributed by atoms with E-state index in [4.69, 9.17) is 5.73 Å². The Hall–Kier alpha value is -0.530. The van der Waals surface area contributed by atoms with Crippen LogP contribution in [-0.2, 0) is 5.41 Å². The van der Waals surface area contributed by atoms with Gasteiger partial charge in [0.1, 0.15) is 0 Å². The van der Waals surface area contributed by atoms with Crippen LogP contribution in [0.25, 0.3) is 0 Å². The first-order chi connectivity index (χ1) is 16.3. The molecule has 2 N–H and O–H groups in total. The van der Waals surface area contributed by atoms with Gasteiger partial charge in [-0.1, -0.05) is 173 Å². The molecular weight excluding hydrogens is 434 g/mol. The fourth-order valence-corrected chi connectivity index (χ4v) is 5.43. The van der Waals surface area contributed by atoms with E-state index < -0.39 is 0 Å². The van der Waals surface area contributed by atoms with Crippen molar-refractivity contribution in [1.82, 2.24) is 0 Å². The predicted octanol–water partition coefficient (Wildman–Crippen LogP) is 10.9. The second-order valence-corrected chi connectivity index (χ2v) is 10.7. The Morgan fingerprint density at radius 1 is 0.500 bits per heavy atom. The van der Waals surface area contributed by atoms with E-state index in [0.717, 1.165) is 6.54 Å². The van der Waals surface area contributed by atoms with Gasteiger partial charge in [0, 0.05) is 12.0 Å². The molecule has 0 fully saturated rings. The zero-order valence-corrected chi connectivity index (χ0v) is 24.0. The molecule has 1 nitrogen and oxygen atoms in total. The van der Waals surface area contributed by atoms with E-state index in [9.17, 15) is 0 Å². The Kier molecular flexibility index (Phi) is 23.8. The molecule has 0 aromatic heterocycles. The third-order valence-electron chi connectivity index (χ3n) is 7.79. The van der Waals surface area contributed by atoms with Crippen LogP contribution in [0.4, 0.5) is 0 Å². The Morgan fingerprint density at radius 2 is 0.824 bits per heavy atom. The van der Waals surface area contributed by atoms with Crippen molar-refractivity contribution in [3.63, 3.8) is 0 Å². The molecule has 2 heteroatoms. The lowest BCUT2D eigenvalue weighted by molar-refractivity contribution is 0.340. The molecule has 34 heavy (non-hydrogen) atoms. The maximum Gasteiger partial charge on any atom is 0.00755 e. The summed E-state index contributed by atoms with van der Waals surface area (Å²) in [6.45, 7) is 5.40. The summed E-state index contributed by atoms with van der Waals surface area (Å²) in [6.07, 6.45) is 30.6. The molecule has 0 aliphatic heterocycles. The second kappa shape index (κ2) is 24.2. The van der Waals surface area contributed by atoms with Gasteiger partial charge in [-0.3, -0.25) is 0 Å². The maximum atomic E-state index is 6.48. The monoisotopic (exact) mass is 493 g/mol. The van der Waals surface area contributed by atoms with Gasteiger partial charge in [0.25, 0.3) is 0 Å². The highest BCUT2D eigenvalue weighted by molar-refractivity contribution is 5.85. The van der Waals surface area contributed by atoms with Crippen molar-refractivity contribution in [3.8, 4) is 0 Å². The van der Waals surface area contributed by atoms with Crippen molar-refractivity contribution in [3.05, 3.63) is 35.9 Å². The third kappa shape index (κ3) is 16.2. The molecule has 0 aliphatic carbocycles. The van der Waals surface area contributed by atoms with Gasteiger partial charge in [0.15, 0.2) is 0 Å². The molecule has 0 saturated carbocycles. The molecule has 0 radical (unpaired) electrons. The zero-order chi connectivity index (χ0) is 23.9. The minimum atomic E-state index is 0. The number of hydrogen-bond acceptors (Lipinski definition) is 1. The fourth-order valence-electron chi connectivity index (χ4n) is 5.43. The normalized spacial score (nSPS) is 11.5. The Balaban J connectivity index is 0.0000109. The molecule has 0 amide bonds. The summed E-state index contributed by atoms with van der Waals surface area (Å²) in [4.78, 5) is 0. The largest absolute Gasteiger partial charge is 0.330 e. The zero-order valence-electron chi connectivity index (χ0n) is 23.1.